The molecule has 0 aromatic heterocycles. The minimum absolute atomic E-state index is 0.0685. The first-order chi connectivity index (χ1) is 12.2. The maximum atomic E-state index is 11.9. The summed E-state index contributed by atoms with van der Waals surface area (Å²) < 4.78 is 11.0. The monoisotopic (exact) mass is 341 g/mol. The summed E-state index contributed by atoms with van der Waals surface area (Å²) >= 11 is 0. The van der Waals surface area contributed by atoms with Crippen molar-refractivity contribution in [2.75, 3.05) is 20.3 Å². The Hall–Kier alpha value is -2.33. The summed E-state index contributed by atoms with van der Waals surface area (Å²) in [6, 6.07) is 18.0. The Kier molecular flexibility index (Phi) is 7.99. The first-order valence-electron chi connectivity index (χ1n) is 8.75. The molecule has 0 fully saturated rings. The average molecular weight is 341 g/mol. The molecule has 4 nitrogen and oxygen atoms in total. The molecule has 2 rings (SSSR count). The molecule has 0 radical (unpaired) electrons. The fourth-order valence-corrected chi connectivity index (χ4v) is 2.55. The highest BCUT2D eigenvalue weighted by molar-refractivity contribution is 5.76. The molecule has 1 atom stereocenters. The smallest absolute Gasteiger partial charge is 0.220 e. The summed E-state index contributed by atoms with van der Waals surface area (Å²) in [4.78, 5) is 11.9. The topological polar surface area (TPSA) is 47.6 Å². The van der Waals surface area contributed by atoms with Crippen LogP contribution in [0.5, 0.6) is 5.75 Å². The Bertz CT molecular complexity index is 643. The molecule has 2 aromatic rings. The number of benzene rings is 2. The van der Waals surface area contributed by atoms with Gasteiger partial charge in [0.25, 0.3) is 0 Å². The average Bonchev–Trinajstić information content (AvgIpc) is 2.66. The Morgan fingerprint density at radius 2 is 1.92 bits per heavy atom. The second-order valence-electron chi connectivity index (χ2n) is 5.98. The molecule has 4 heteroatoms. The van der Waals surface area contributed by atoms with Gasteiger partial charge in [0.1, 0.15) is 5.75 Å². The van der Waals surface area contributed by atoms with Crippen LogP contribution in [0.4, 0.5) is 0 Å². The minimum Gasteiger partial charge on any atom is -0.497 e. The zero-order valence-corrected chi connectivity index (χ0v) is 15.0. The highest BCUT2D eigenvalue weighted by Crippen LogP contribution is 2.16. The van der Waals surface area contributed by atoms with Crippen LogP contribution in [0.3, 0.4) is 0 Å². The molecule has 0 aliphatic rings. The van der Waals surface area contributed by atoms with E-state index in [1.165, 1.54) is 5.56 Å². The molecular weight excluding hydrogens is 314 g/mol. The molecule has 0 spiro atoms. The van der Waals surface area contributed by atoms with Crippen LogP contribution in [0.1, 0.15) is 37.0 Å². The van der Waals surface area contributed by atoms with Crippen LogP contribution in [0.25, 0.3) is 0 Å². The predicted octanol–water partition coefficient (Wildman–Crippen LogP) is 3.91. The largest absolute Gasteiger partial charge is 0.497 e. The van der Waals surface area contributed by atoms with E-state index in [4.69, 9.17) is 9.47 Å². The van der Waals surface area contributed by atoms with E-state index < -0.39 is 0 Å². The number of nitrogens with one attached hydrogen (secondary N) is 1. The van der Waals surface area contributed by atoms with Gasteiger partial charge < -0.3 is 14.8 Å². The number of methoxy groups -OCH3 is 1. The number of rotatable bonds is 10. The fourth-order valence-electron chi connectivity index (χ4n) is 2.55. The van der Waals surface area contributed by atoms with Crippen LogP contribution in [0.15, 0.2) is 54.6 Å². The van der Waals surface area contributed by atoms with Crippen LogP contribution < -0.4 is 10.1 Å². The number of amides is 1. The van der Waals surface area contributed by atoms with Gasteiger partial charge in [-0.25, -0.2) is 0 Å². The van der Waals surface area contributed by atoms with Crippen molar-refractivity contribution in [2.24, 2.45) is 0 Å². The van der Waals surface area contributed by atoms with Crippen LogP contribution in [0.2, 0.25) is 0 Å². The lowest BCUT2D eigenvalue weighted by Gasteiger charge is -2.13. The quantitative estimate of drug-likeness (QED) is 0.667. The van der Waals surface area contributed by atoms with Crippen LogP contribution >= 0.6 is 0 Å². The zero-order chi connectivity index (χ0) is 17.9. The Balaban J connectivity index is 1.57. The molecule has 0 bridgehead atoms. The lowest BCUT2D eigenvalue weighted by atomic mass is 10.1. The van der Waals surface area contributed by atoms with E-state index in [9.17, 15) is 4.79 Å². The maximum Gasteiger partial charge on any atom is 0.220 e. The van der Waals surface area contributed by atoms with Gasteiger partial charge in [0.2, 0.25) is 5.91 Å². The Morgan fingerprint density at radius 1 is 1.12 bits per heavy atom. The lowest BCUT2D eigenvalue weighted by Crippen LogP contribution is -2.25. The van der Waals surface area contributed by atoms with E-state index in [2.05, 4.69) is 17.4 Å². The number of aryl methyl sites for hydroxylation is 1. The van der Waals surface area contributed by atoms with Gasteiger partial charge in [-0.05, 0) is 43.0 Å². The number of ether oxygens (including phenoxy) is 2. The van der Waals surface area contributed by atoms with Crippen molar-refractivity contribution in [3.8, 4) is 5.75 Å². The molecule has 0 aliphatic carbocycles. The summed E-state index contributed by atoms with van der Waals surface area (Å²) in [7, 11) is 1.65. The molecule has 0 aliphatic heterocycles. The van der Waals surface area contributed by atoms with E-state index in [1.807, 2.05) is 49.4 Å². The van der Waals surface area contributed by atoms with Gasteiger partial charge in [0.05, 0.1) is 13.2 Å². The van der Waals surface area contributed by atoms with Crippen LogP contribution in [-0.4, -0.2) is 26.2 Å². The van der Waals surface area contributed by atoms with Crippen molar-refractivity contribution < 1.29 is 14.3 Å². The maximum absolute atomic E-state index is 11.9. The highest BCUT2D eigenvalue weighted by Gasteiger charge is 2.05. The first kappa shape index (κ1) is 19.0. The van der Waals surface area contributed by atoms with Gasteiger partial charge >= 0.3 is 0 Å². The second kappa shape index (κ2) is 10.5. The third-order valence-electron chi connectivity index (χ3n) is 4.06. The van der Waals surface area contributed by atoms with Crippen molar-refractivity contribution in [1.82, 2.24) is 5.32 Å². The highest BCUT2D eigenvalue weighted by atomic mass is 16.5. The molecule has 0 saturated heterocycles. The molecule has 1 N–H and O–H groups in total. The molecule has 25 heavy (non-hydrogen) atoms. The molecule has 134 valence electrons. The van der Waals surface area contributed by atoms with Gasteiger partial charge in [-0.2, -0.15) is 0 Å². The van der Waals surface area contributed by atoms with E-state index in [0.29, 0.717) is 26.0 Å². The Morgan fingerprint density at radius 3 is 2.68 bits per heavy atom. The minimum atomic E-state index is 0.0685. The third-order valence-corrected chi connectivity index (χ3v) is 4.06. The third kappa shape index (κ3) is 6.98. The molecule has 0 heterocycles. The molecule has 2 aromatic carbocycles. The van der Waals surface area contributed by atoms with Crippen molar-refractivity contribution >= 4 is 5.91 Å². The summed E-state index contributed by atoms with van der Waals surface area (Å²) in [6.45, 7) is 3.31. The van der Waals surface area contributed by atoms with Crippen molar-refractivity contribution in [1.29, 1.82) is 0 Å². The lowest BCUT2D eigenvalue weighted by molar-refractivity contribution is -0.121. The van der Waals surface area contributed by atoms with Gasteiger partial charge in [-0.3, -0.25) is 4.79 Å². The second-order valence-corrected chi connectivity index (χ2v) is 5.98. The summed E-state index contributed by atoms with van der Waals surface area (Å²) in [5, 5.41) is 2.94. The van der Waals surface area contributed by atoms with Crippen LogP contribution in [0, 0.1) is 0 Å². The van der Waals surface area contributed by atoms with Gasteiger partial charge in [-0.15, -0.1) is 0 Å². The zero-order valence-electron chi connectivity index (χ0n) is 15.0. The van der Waals surface area contributed by atoms with Crippen LogP contribution in [-0.2, 0) is 16.0 Å². The predicted molar refractivity (Wildman–Crippen MR) is 99.8 cm³/mol. The number of carbonyl (C=O) groups excluding carboxylic acids is 1. The summed E-state index contributed by atoms with van der Waals surface area (Å²) in [6.07, 6.45) is 2.08. The fraction of sp³-hybridized carbons (Fsp3) is 0.381. The SMILES string of the molecule is COc1cccc(CCC(=O)NCCCOC(C)c2ccccc2)c1. The van der Waals surface area contributed by atoms with Crippen molar-refractivity contribution in [3.05, 3.63) is 65.7 Å². The molecule has 1 unspecified atom stereocenters. The van der Waals surface area contributed by atoms with Gasteiger partial charge in [0, 0.05) is 19.6 Å². The summed E-state index contributed by atoms with van der Waals surface area (Å²) in [5.74, 6) is 0.890. The van der Waals surface area contributed by atoms with E-state index in [0.717, 1.165) is 17.7 Å². The number of hydrogen-bond acceptors (Lipinski definition) is 3. The summed E-state index contributed by atoms with van der Waals surface area (Å²) in [5.41, 5.74) is 2.28. The van der Waals surface area contributed by atoms with E-state index in [-0.39, 0.29) is 12.0 Å². The molecular formula is C21H27NO3. The van der Waals surface area contributed by atoms with Gasteiger partial charge in [0.15, 0.2) is 0 Å². The van der Waals surface area contributed by atoms with Crippen molar-refractivity contribution in [3.63, 3.8) is 0 Å². The van der Waals surface area contributed by atoms with E-state index in [1.54, 1.807) is 7.11 Å². The van der Waals surface area contributed by atoms with Gasteiger partial charge in [-0.1, -0.05) is 42.5 Å². The van der Waals surface area contributed by atoms with Crippen molar-refractivity contribution in [2.45, 2.75) is 32.3 Å². The molecule has 0 saturated carbocycles. The number of hydrogen-bond donors (Lipinski definition) is 1. The normalized spacial score (nSPS) is 11.8. The number of carbonyl (C=O) groups is 1. The standard InChI is InChI=1S/C21H27NO3/c1-17(19-9-4-3-5-10-19)25-15-7-14-22-21(23)13-12-18-8-6-11-20(16-18)24-2/h3-6,8-11,16-17H,7,12-15H2,1-2H3,(H,22,23). The van der Waals surface area contributed by atoms with E-state index >= 15 is 0 Å². The molecule has 1 amide bonds. The first-order valence-corrected chi connectivity index (χ1v) is 8.75. The Labute approximate surface area is 150 Å².